The van der Waals surface area contributed by atoms with Gasteiger partial charge < -0.3 is 0 Å². The Morgan fingerprint density at radius 3 is 2.95 bits per heavy atom. The van der Waals surface area contributed by atoms with Crippen LogP contribution in [0.4, 0.5) is 4.39 Å². The fourth-order valence-corrected chi connectivity index (χ4v) is 2.73. The van der Waals surface area contributed by atoms with Crippen molar-refractivity contribution in [2.45, 2.75) is 18.4 Å². The highest BCUT2D eigenvalue weighted by molar-refractivity contribution is 7.99. The van der Waals surface area contributed by atoms with Gasteiger partial charge in [0.2, 0.25) is 0 Å². The van der Waals surface area contributed by atoms with Gasteiger partial charge in [-0.15, -0.1) is 0 Å². The topological polar surface area (TPSA) is 30.0 Å². The van der Waals surface area contributed by atoms with Gasteiger partial charge in [-0.05, 0) is 42.3 Å². The molecule has 5 heteroatoms. The minimum Gasteiger partial charge on any atom is -0.298 e. The Bertz CT molecular complexity index is 633. The molecule has 0 radical (unpaired) electrons. The summed E-state index contributed by atoms with van der Waals surface area (Å²) in [7, 11) is 0. The van der Waals surface area contributed by atoms with Crippen LogP contribution in [0.5, 0.6) is 0 Å². The molecular formula is C15H13ClFNOS. The van der Waals surface area contributed by atoms with E-state index >= 15 is 0 Å². The average molecular weight is 310 g/mol. The van der Waals surface area contributed by atoms with Gasteiger partial charge in [0, 0.05) is 17.6 Å². The van der Waals surface area contributed by atoms with Crippen LogP contribution < -0.4 is 0 Å². The van der Waals surface area contributed by atoms with E-state index in [4.69, 9.17) is 11.6 Å². The van der Waals surface area contributed by atoms with Gasteiger partial charge in [0.15, 0.2) is 0 Å². The van der Waals surface area contributed by atoms with E-state index in [1.54, 1.807) is 6.20 Å². The summed E-state index contributed by atoms with van der Waals surface area (Å²) in [5, 5.41) is 1.25. The molecule has 0 spiro atoms. The van der Waals surface area contributed by atoms with E-state index in [-0.39, 0.29) is 18.0 Å². The number of ketones is 1. The number of rotatable bonds is 5. The second-order valence-electron chi connectivity index (χ2n) is 4.37. The molecule has 0 saturated heterocycles. The van der Waals surface area contributed by atoms with Crippen molar-refractivity contribution in [3.05, 3.63) is 58.5 Å². The third-order valence-corrected chi connectivity index (χ3v) is 4.26. The number of carbonyl (C=O) groups is 1. The van der Waals surface area contributed by atoms with Crippen LogP contribution in [-0.2, 0) is 11.2 Å². The first-order valence-corrected chi connectivity index (χ1v) is 7.42. The summed E-state index contributed by atoms with van der Waals surface area (Å²) in [6.07, 6.45) is 1.83. The van der Waals surface area contributed by atoms with Crippen molar-refractivity contribution in [1.29, 1.82) is 0 Å². The molecule has 2 aromatic rings. The maximum absolute atomic E-state index is 13.1. The molecule has 2 rings (SSSR count). The van der Waals surface area contributed by atoms with Gasteiger partial charge in [0.05, 0.1) is 10.8 Å². The number of nitrogens with zero attached hydrogens (tertiary/aromatic N) is 1. The molecule has 0 N–H and O–H groups in total. The molecule has 0 amide bonds. The van der Waals surface area contributed by atoms with Crippen LogP contribution >= 0.6 is 23.4 Å². The summed E-state index contributed by atoms with van der Waals surface area (Å²) < 4.78 is 13.1. The third-order valence-electron chi connectivity index (χ3n) is 2.73. The number of carbonyl (C=O) groups excluding carboxylic acids is 1. The Morgan fingerprint density at radius 2 is 2.20 bits per heavy atom. The van der Waals surface area contributed by atoms with E-state index in [1.807, 2.05) is 19.1 Å². The molecule has 1 aromatic carbocycles. The highest BCUT2D eigenvalue weighted by Crippen LogP contribution is 2.21. The normalized spacial score (nSPS) is 10.6. The number of pyridine rings is 1. The van der Waals surface area contributed by atoms with Crippen LogP contribution in [0, 0.1) is 12.7 Å². The van der Waals surface area contributed by atoms with Gasteiger partial charge in [-0.25, -0.2) is 9.37 Å². The lowest BCUT2D eigenvalue weighted by Gasteiger charge is -2.05. The molecule has 0 aliphatic rings. The zero-order valence-electron chi connectivity index (χ0n) is 10.9. The fourth-order valence-electron chi connectivity index (χ4n) is 1.71. The molecule has 2 nitrogen and oxygen atoms in total. The van der Waals surface area contributed by atoms with Crippen molar-refractivity contribution in [1.82, 2.24) is 4.98 Å². The highest BCUT2D eigenvalue weighted by atomic mass is 35.5. The van der Waals surface area contributed by atoms with Gasteiger partial charge in [-0.1, -0.05) is 29.4 Å². The number of hydrogen-bond donors (Lipinski definition) is 0. The van der Waals surface area contributed by atoms with Gasteiger partial charge in [-0.3, -0.25) is 4.79 Å². The minimum absolute atomic E-state index is 0.00690. The zero-order valence-corrected chi connectivity index (χ0v) is 12.5. The molecule has 104 valence electrons. The number of benzene rings is 1. The fraction of sp³-hybridized carbons (Fsp3) is 0.200. The van der Waals surface area contributed by atoms with Crippen LogP contribution in [0.3, 0.4) is 0 Å². The monoisotopic (exact) mass is 309 g/mol. The quantitative estimate of drug-likeness (QED) is 0.779. The van der Waals surface area contributed by atoms with E-state index in [0.717, 1.165) is 10.6 Å². The summed E-state index contributed by atoms with van der Waals surface area (Å²) >= 11 is 7.33. The standard InChI is InChI=1S/C15H13ClFNOS/c1-10-3-2-6-18-15(10)20-9-13(19)8-11-7-12(17)4-5-14(11)16/h2-7H,8-9H2,1H3. The van der Waals surface area contributed by atoms with Crippen LogP contribution in [0.1, 0.15) is 11.1 Å². The van der Waals surface area contributed by atoms with Crippen molar-refractivity contribution in [2.24, 2.45) is 0 Å². The molecule has 0 saturated carbocycles. The zero-order chi connectivity index (χ0) is 14.5. The lowest BCUT2D eigenvalue weighted by atomic mass is 10.1. The Morgan fingerprint density at radius 1 is 1.40 bits per heavy atom. The first-order valence-electron chi connectivity index (χ1n) is 6.06. The van der Waals surface area contributed by atoms with Crippen LogP contribution in [0.25, 0.3) is 0 Å². The minimum atomic E-state index is -0.384. The van der Waals surface area contributed by atoms with Crippen LogP contribution in [0.2, 0.25) is 5.02 Å². The smallest absolute Gasteiger partial charge is 0.147 e. The first-order chi connectivity index (χ1) is 9.56. The van der Waals surface area contributed by atoms with Crippen molar-refractivity contribution in [2.75, 3.05) is 5.75 Å². The molecule has 0 aliphatic heterocycles. The van der Waals surface area contributed by atoms with Crippen LogP contribution in [-0.4, -0.2) is 16.5 Å². The third kappa shape index (κ3) is 4.05. The Hall–Kier alpha value is -1.39. The second kappa shape index (κ2) is 6.86. The predicted octanol–water partition coefficient (Wildman–Crippen LogP) is 4.09. The van der Waals surface area contributed by atoms with Crippen LogP contribution in [0.15, 0.2) is 41.6 Å². The summed E-state index contributed by atoms with van der Waals surface area (Å²) in [5.74, 6) is -0.0944. The van der Waals surface area contributed by atoms with Gasteiger partial charge in [0.25, 0.3) is 0 Å². The van der Waals surface area contributed by atoms with Crippen molar-refractivity contribution in [3.63, 3.8) is 0 Å². The van der Waals surface area contributed by atoms with E-state index < -0.39 is 0 Å². The van der Waals surface area contributed by atoms with Gasteiger partial charge in [0.1, 0.15) is 11.6 Å². The van der Waals surface area contributed by atoms with E-state index in [1.165, 1.54) is 30.0 Å². The summed E-state index contributed by atoms with van der Waals surface area (Å²) in [5.41, 5.74) is 1.56. The molecule has 1 heterocycles. The van der Waals surface area contributed by atoms with E-state index in [9.17, 15) is 9.18 Å². The van der Waals surface area contributed by atoms with Crippen molar-refractivity contribution < 1.29 is 9.18 Å². The number of thioether (sulfide) groups is 1. The first kappa shape index (κ1) is 15.0. The summed E-state index contributed by atoms with van der Waals surface area (Å²) in [6, 6.07) is 7.85. The van der Waals surface area contributed by atoms with Gasteiger partial charge in [-0.2, -0.15) is 0 Å². The molecule has 0 atom stereocenters. The number of aromatic nitrogens is 1. The number of aryl methyl sites for hydroxylation is 1. The largest absolute Gasteiger partial charge is 0.298 e. The SMILES string of the molecule is Cc1cccnc1SCC(=O)Cc1cc(F)ccc1Cl. The highest BCUT2D eigenvalue weighted by Gasteiger charge is 2.10. The predicted molar refractivity (Wildman–Crippen MR) is 79.8 cm³/mol. The molecule has 20 heavy (non-hydrogen) atoms. The number of Topliss-reactive ketones (excluding diaryl/α,β-unsaturated/α-hetero) is 1. The van der Waals surface area contributed by atoms with E-state index in [0.29, 0.717) is 16.3 Å². The summed E-state index contributed by atoms with van der Waals surface area (Å²) in [4.78, 5) is 16.1. The van der Waals surface area contributed by atoms with E-state index in [2.05, 4.69) is 4.98 Å². The molecule has 0 bridgehead atoms. The number of hydrogen-bond acceptors (Lipinski definition) is 3. The molecule has 0 fully saturated rings. The lowest BCUT2D eigenvalue weighted by Crippen LogP contribution is -2.07. The Kier molecular flexibility index (Phi) is 5.15. The molecule has 1 aromatic heterocycles. The molecule has 0 aliphatic carbocycles. The Labute approximate surface area is 126 Å². The Balaban J connectivity index is 1.96. The van der Waals surface area contributed by atoms with Gasteiger partial charge >= 0.3 is 0 Å². The maximum Gasteiger partial charge on any atom is 0.147 e. The maximum atomic E-state index is 13.1. The molecular weight excluding hydrogens is 297 g/mol. The second-order valence-corrected chi connectivity index (χ2v) is 5.74. The van der Waals surface area contributed by atoms with Crippen molar-refractivity contribution >= 4 is 29.1 Å². The summed E-state index contributed by atoms with van der Waals surface area (Å²) in [6.45, 7) is 1.95. The lowest BCUT2D eigenvalue weighted by molar-refractivity contribution is -0.116. The number of halogens is 2. The average Bonchev–Trinajstić information content (AvgIpc) is 2.42. The van der Waals surface area contributed by atoms with Crippen molar-refractivity contribution in [3.8, 4) is 0 Å². The molecule has 0 unspecified atom stereocenters.